The molecule has 0 atom stereocenters. The third-order valence-electron chi connectivity index (χ3n) is 3.90. The highest BCUT2D eigenvalue weighted by molar-refractivity contribution is 6.33. The maximum atomic E-state index is 10.3. The topological polar surface area (TPSA) is 123 Å². The molecule has 0 saturated carbocycles. The molecule has 0 aliphatic rings. The summed E-state index contributed by atoms with van der Waals surface area (Å²) in [5.41, 5.74) is 8.64. The van der Waals surface area contributed by atoms with E-state index in [1.807, 2.05) is 0 Å². The lowest BCUT2D eigenvalue weighted by molar-refractivity contribution is -0.137. The summed E-state index contributed by atoms with van der Waals surface area (Å²) in [6.07, 6.45) is 21.2. The number of nitrogens with two attached hydrogens (primary N) is 2. The number of hydrogen-bond donors (Lipinski definition) is 3. The monoisotopic (exact) mass is 370 g/mol. The Morgan fingerprint density at radius 1 is 0.692 bits per heavy atom. The van der Waals surface area contributed by atoms with Crippen molar-refractivity contribution < 1.29 is 19.5 Å². The van der Waals surface area contributed by atoms with Crippen LogP contribution in [0.1, 0.15) is 96.8 Å². The van der Waals surface area contributed by atoms with Crippen LogP contribution in [-0.2, 0) is 14.4 Å². The molecule has 0 unspecified atom stereocenters. The van der Waals surface area contributed by atoms with Crippen LogP contribution in [0.3, 0.4) is 0 Å². The number of carboxylic acids is 1. The predicted octanol–water partition coefficient (Wildman–Crippen LogP) is 4.07. The van der Waals surface area contributed by atoms with Gasteiger partial charge in [0.25, 0.3) is 0 Å². The Bertz CT molecular complexity index is 383. The molecule has 2 amide bonds. The van der Waals surface area contributed by atoms with E-state index in [0.29, 0.717) is 6.42 Å². The van der Waals surface area contributed by atoms with Gasteiger partial charge in [-0.1, -0.05) is 70.4 Å². The number of unbranched alkanes of at least 4 members (excludes halogenated alkanes) is 11. The van der Waals surface area contributed by atoms with Crippen molar-refractivity contribution in [3.05, 3.63) is 12.2 Å². The molecule has 0 aromatic rings. The molecule has 0 radical (unpaired) electrons. The number of carboxylic acid groups (broad SMARTS) is 1. The molecule has 0 spiro atoms. The molecule has 0 aromatic heterocycles. The summed E-state index contributed by atoms with van der Waals surface area (Å²) in [7, 11) is 0. The van der Waals surface area contributed by atoms with Gasteiger partial charge in [-0.25, -0.2) is 0 Å². The fraction of sp³-hybridized carbons (Fsp3) is 0.750. The minimum absolute atomic E-state index is 0.332. The van der Waals surface area contributed by atoms with Crippen molar-refractivity contribution in [2.24, 2.45) is 11.5 Å². The lowest BCUT2D eigenvalue weighted by atomic mass is 10.1. The zero-order valence-electron chi connectivity index (χ0n) is 16.4. The van der Waals surface area contributed by atoms with Crippen molar-refractivity contribution in [1.82, 2.24) is 0 Å². The summed E-state index contributed by atoms with van der Waals surface area (Å²) >= 11 is 0. The Kier molecular flexibility index (Phi) is 21.5. The molecular formula is C20H38N2O4. The quantitative estimate of drug-likeness (QED) is 0.228. The Labute approximate surface area is 158 Å². The first kappa shape index (κ1) is 26.4. The van der Waals surface area contributed by atoms with E-state index in [1.165, 1.54) is 70.6 Å². The van der Waals surface area contributed by atoms with Crippen molar-refractivity contribution in [3.8, 4) is 0 Å². The molecule has 0 rings (SSSR count). The molecule has 0 aliphatic carbocycles. The number of carbonyl (C=O) groups is 3. The van der Waals surface area contributed by atoms with E-state index in [0.717, 1.165) is 12.8 Å². The molecule has 0 fully saturated rings. The van der Waals surface area contributed by atoms with Gasteiger partial charge in [-0.05, 0) is 32.1 Å². The number of amides is 2. The Balaban J connectivity index is 0. The first-order chi connectivity index (χ1) is 12.4. The van der Waals surface area contributed by atoms with Gasteiger partial charge in [0, 0.05) is 6.42 Å². The molecule has 0 aromatic carbocycles. The van der Waals surface area contributed by atoms with Crippen LogP contribution in [0.4, 0.5) is 0 Å². The zero-order chi connectivity index (χ0) is 20.0. The van der Waals surface area contributed by atoms with Crippen molar-refractivity contribution in [3.63, 3.8) is 0 Å². The SMILES string of the molecule is CCCCCCCCC=CCCCCCCCC(=O)O.NC(=O)C(N)=O. The fourth-order valence-corrected chi connectivity index (χ4v) is 2.35. The van der Waals surface area contributed by atoms with Crippen molar-refractivity contribution in [2.75, 3.05) is 0 Å². The second-order valence-electron chi connectivity index (χ2n) is 6.46. The maximum absolute atomic E-state index is 10.3. The molecule has 152 valence electrons. The number of primary amides is 2. The smallest absolute Gasteiger partial charge is 0.306 e. The van der Waals surface area contributed by atoms with Gasteiger partial charge in [0.1, 0.15) is 0 Å². The van der Waals surface area contributed by atoms with Gasteiger partial charge in [-0.2, -0.15) is 0 Å². The van der Waals surface area contributed by atoms with Crippen LogP contribution in [0.2, 0.25) is 0 Å². The summed E-state index contributed by atoms with van der Waals surface area (Å²) < 4.78 is 0. The van der Waals surface area contributed by atoms with Gasteiger partial charge < -0.3 is 16.6 Å². The minimum atomic E-state index is -1.10. The molecule has 0 bridgehead atoms. The summed E-state index contributed by atoms with van der Waals surface area (Å²) in [6, 6.07) is 0. The number of carbonyl (C=O) groups excluding carboxylic acids is 2. The highest BCUT2D eigenvalue weighted by Gasteiger charge is 1.97. The van der Waals surface area contributed by atoms with Crippen molar-refractivity contribution >= 4 is 17.8 Å². The van der Waals surface area contributed by atoms with Crippen LogP contribution in [0.15, 0.2) is 12.2 Å². The second kappa shape index (κ2) is 21.2. The predicted molar refractivity (Wildman–Crippen MR) is 105 cm³/mol. The summed E-state index contributed by atoms with van der Waals surface area (Å²) in [5.74, 6) is -2.87. The van der Waals surface area contributed by atoms with Gasteiger partial charge >= 0.3 is 17.8 Å². The summed E-state index contributed by atoms with van der Waals surface area (Å²) in [6.45, 7) is 2.26. The summed E-state index contributed by atoms with van der Waals surface area (Å²) in [4.78, 5) is 29.2. The Hall–Kier alpha value is -1.85. The van der Waals surface area contributed by atoms with Gasteiger partial charge in [0.05, 0.1) is 0 Å². The van der Waals surface area contributed by atoms with Gasteiger partial charge in [-0.3, -0.25) is 14.4 Å². The second-order valence-corrected chi connectivity index (χ2v) is 6.46. The third-order valence-corrected chi connectivity index (χ3v) is 3.90. The van der Waals surface area contributed by atoms with Crippen molar-refractivity contribution in [2.45, 2.75) is 96.8 Å². The first-order valence-corrected chi connectivity index (χ1v) is 9.87. The first-order valence-electron chi connectivity index (χ1n) is 9.87. The van der Waals surface area contributed by atoms with E-state index < -0.39 is 17.8 Å². The highest BCUT2D eigenvalue weighted by Crippen LogP contribution is 2.09. The van der Waals surface area contributed by atoms with Gasteiger partial charge in [0.2, 0.25) is 0 Å². The lowest BCUT2D eigenvalue weighted by Crippen LogP contribution is -2.29. The lowest BCUT2D eigenvalue weighted by Gasteiger charge is -1.99. The molecular weight excluding hydrogens is 332 g/mol. The van der Waals surface area contributed by atoms with Gasteiger partial charge in [-0.15, -0.1) is 0 Å². The van der Waals surface area contributed by atoms with Crippen LogP contribution >= 0.6 is 0 Å². The van der Waals surface area contributed by atoms with Crippen LogP contribution in [0.5, 0.6) is 0 Å². The number of rotatable bonds is 15. The molecule has 6 heteroatoms. The molecule has 26 heavy (non-hydrogen) atoms. The summed E-state index contributed by atoms with van der Waals surface area (Å²) in [5, 5.41) is 8.51. The zero-order valence-corrected chi connectivity index (χ0v) is 16.4. The van der Waals surface area contributed by atoms with Crippen LogP contribution < -0.4 is 11.5 Å². The Morgan fingerprint density at radius 3 is 1.46 bits per heavy atom. The van der Waals surface area contributed by atoms with E-state index in [9.17, 15) is 14.4 Å². The van der Waals surface area contributed by atoms with Crippen LogP contribution in [0, 0.1) is 0 Å². The molecule has 0 heterocycles. The number of hydrogen-bond acceptors (Lipinski definition) is 3. The minimum Gasteiger partial charge on any atom is -0.481 e. The van der Waals surface area contributed by atoms with Crippen LogP contribution in [0.25, 0.3) is 0 Å². The number of allylic oxidation sites excluding steroid dienone is 2. The van der Waals surface area contributed by atoms with Crippen molar-refractivity contribution in [1.29, 1.82) is 0 Å². The molecule has 0 aliphatic heterocycles. The largest absolute Gasteiger partial charge is 0.481 e. The van der Waals surface area contributed by atoms with E-state index in [1.54, 1.807) is 0 Å². The number of aliphatic carboxylic acids is 1. The van der Waals surface area contributed by atoms with Crippen LogP contribution in [-0.4, -0.2) is 22.9 Å². The average molecular weight is 371 g/mol. The average Bonchev–Trinajstić information content (AvgIpc) is 2.58. The fourth-order valence-electron chi connectivity index (χ4n) is 2.35. The highest BCUT2D eigenvalue weighted by atomic mass is 16.4. The van der Waals surface area contributed by atoms with E-state index in [2.05, 4.69) is 30.5 Å². The van der Waals surface area contributed by atoms with E-state index in [4.69, 9.17) is 5.11 Å². The normalized spacial score (nSPS) is 10.3. The third kappa shape index (κ3) is 27.0. The maximum Gasteiger partial charge on any atom is 0.306 e. The molecule has 6 nitrogen and oxygen atoms in total. The molecule has 0 saturated heterocycles. The Morgan fingerprint density at radius 2 is 1.08 bits per heavy atom. The van der Waals surface area contributed by atoms with E-state index >= 15 is 0 Å². The molecule has 5 N–H and O–H groups in total. The van der Waals surface area contributed by atoms with Gasteiger partial charge in [0.15, 0.2) is 0 Å². The van der Waals surface area contributed by atoms with E-state index in [-0.39, 0.29) is 0 Å². The standard InChI is InChI=1S/C18H34O2.C2H4N2O2/c1-2-3-4-5-6-7-8-9-10-11-12-13-14-15-16-17-18(19)20;3-1(5)2(4)6/h9-10H,2-8,11-17H2,1H3,(H,19,20);(H2,3,5)(H2,4,6).